The second-order valence-corrected chi connectivity index (χ2v) is 7.72. The van der Waals surface area contributed by atoms with Gasteiger partial charge in [-0.25, -0.2) is 4.98 Å². The zero-order valence-electron chi connectivity index (χ0n) is 15.3. The van der Waals surface area contributed by atoms with Gasteiger partial charge in [0.1, 0.15) is 5.76 Å². The summed E-state index contributed by atoms with van der Waals surface area (Å²) in [4.78, 5) is 22.3. The number of fused-ring (bicyclic) bond motifs is 2. The number of H-pyrrole nitrogens is 1. The Labute approximate surface area is 158 Å². The SMILES string of the molecule is O=C(NCC1CC1)c1nc2c(o1)CCN(Cc1ccc3[nH]ccc3c1)CC2. The number of amides is 1. The summed E-state index contributed by atoms with van der Waals surface area (Å²) in [5.41, 5.74) is 3.43. The first-order chi connectivity index (χ1) is 13.2. The summed E-state index contributed by atoms with van der Waals surface area (Å²) in [7, 11) is 0. The predicted molar refractivity (Wildman–Crippen MR) is 103 cm³/mol. The van der Waals surface area contributed by atoms with Crippen LogP contribution >= 0.6 is 0 Å². The Bertz CT molecular complexity index is 944. The molecular formula is C21H24N4O2. The van der Waals surface area contributed by atoms with Gasteiger partial charge in [0, 0.05) is 50.7 Å². The van der Waals surface area contributed by atoms with Gasteiger partial charge < -0.3 is 14.7 Å². The Hall–Kier alpha value is -2.60. The first kappa shape index (κ1) is 16.6. The van der Waals surface area contributed by atoms with Gasteiger partial charge in [0.15, 0.2) is 0 Å². The lowest BCUT2D eigenvalue weighted by atomic mass is 10.1. The summed E-state index contributed by atoms with van der Waals surface area (Å²) in [5, 5.41) is 4.18. The largest absolute Gasteiger partial charge is 0.437 e. The van der Waals surface area contributed by atoms with Crippen molar-refractivity contribution in [2.24, 2.45) is 5.92 Å². The summed E-state index contributed by atoms with van der Waals surface area (Å²) in [6.07, 6.45) is 6.03. The van der Waals surface area contributed by atoms with Crippen molar-refractivity contribution in [1.29, 1.82) is 0 Å². The molecule has 3 aromatic rings. The van der Waals surface area contributed by atoms with Gasteiger partial charge in [0.2, 0.25) is 0 Å². The van der Waals surface area contributed by atoms with Crippen molar-refractivity contribution in [3.63, 3.8) is 0 Å². The Morgan fingerprint density at radius 1 is 1.26 bits per heavy atom. The lowest BCUT2D eigenvalue weighted by Crippen LogP contribution is -2.27. The molecule has 1 aliphatic carbocycles. The molecule has 0 unspecified atom stereocenters. The van der Waals surface area contributed by atoms with E-state index in [9.17, 15) is 4.79 Å². The number of aromatic nitrogens is 2. The smallest absolute Gasteiger partial charge is 0.307 e. The molecule has 5 rings (SSSR count). The van der Waals surface area contributed by atoms with E-state index in [0.717, 1.165) is 50.5 Å². The number of hydrogen-bond acceptors (Lipinski definition) is 4. The van der Waals surface area contributed by atoms with Gasteiger partial charge in [0.25, 0.3) is 5.89 Å². The minimum absolute atomic E-state index is 0.174. The first-order valence-corrected chi connectivity index (χ1v) is 9.80. The maximum absolute atomic E-state index is 12.2. The number of carbonyl (C=O) groups is 1. The van der Waals surface area contributed by atoms with E-state index < -0.39 is 0 Å². The molecule has 0 spiro atoms. The number of carbonyl (C=O) groups excluding carboxylic acids is 1. The highest BCUT2D eigenvalue weighted by Gasteiger charge is 2.25. The highest BCUT2D eigenvalue weighted by Crippen LogP contribution is 2.27. The van der Waals surface area contributed by atoms with E-state index in [1.165, 1.54) is 29.3 Å². The van der Waals surface area contributed by atoms with Crippen LogP contribution in [0.5, 0.6) is 0 Å². The Balaban J connectivity index is 1.22. The normalized spacial score (nSPS) is 17.6. The second kappa shape index (κ2) is 6.85. The molecule has 1 saturated carbocycles. The average Bonchev–Trinajstić information content (AvgIpc) is 3.29. The van der Waals surface area contributed by atoms with E-state index in [1.54, 1.807) is 0 Å². The van der Waals surface area contributed by atoms with Gasteiger partial charge in [-0.2, -0.15) is 0 Å². The number of aromatic amines is 1. The second-order valence-electron chi connectivity index (χ2n) is 7.72. The van der Waals surface area contributed by atoms with E-state index in [0.29, 0.717) is 5.92 Å². The van der Waals surface area contributed by atoms with Crippen molar-refractivity contribution in [3.8, 4) is 0 Å². The van der Waals surface area contributed by atoms with Gasteiger partial charge in [-0.05, 0) is 47.9 Å². The molecule has 0 radical (unpaired) electrons. The summed E-state index contributed by atoms with van der Waals surface area (Å²) in [6, 6.07) is 8.67. The Kier molecular flexibility index (Phi) is 4.20. The van der Waals surface area contributed by atoms with E-state index in [4.69, 9.17) is 4.42 Å². The molecule has 140 valence electrons. The van der Waals surface area contributed by atoms with E-state index >= 15 is 0 Å². The molecular weight excluding hydrogens is 340 g/mol. The van der Waals surface area contributed by atoms with Gasteiger partial charge >= 0.3 is 5.91 Å². The number of nitrogens with zero attached hydrogens (tertiary/aromatic N) is 2. The molecule has 1 aromatic carbocycles. The molecule has 27 heavy (non-hydrogen) atoms. The van der Waals surface area contributed by atoms with E-state index in [-0.39, 0.29) is 11.8 Å². The zero-order valence-corrected chi connectivity index (χ0v) is 15.3. The zero-order chi connectivity index (χ0) is 18.2. The van der Waals surface area contributed by atoms with Crippen LogP contribution < -0.4 is 5.32 Å². The van der Waals surface area contributed by atoms with Gasteiger partial charge in [-0.15, -0.1) is 0 Å². The first-order valence-electron chi connectivity index (χ1n) is 9.80. The maximum Gasteiger partial charge on any atom is 0.307 e. The summed E-state index contributed by atoms with van der Waals surface area (Å²) in [5.74, 6) is 1.58. The minimum Gasteiger partial charge on any atom is -0.437 e. The standard InChI is InChI=1S/C21H24N4O2/c26-20(23-12-14-1-2-14)21-24-18-6-9-25(10-7-19(18)27-21)13-15-3-4-17-16(11-15)5-8-22-17/h3-5,8,11,14,22H,1-2,6-7,9-10,12-13H2,(H,23,26). The van der Waals surface area contributed by atoms with Crippen LogP contribution in [-0.4, -0.2) is 40.4 Å². The molecule has 1 aliphatic heterocycles. The van der Waals surface area contributed by atoms with Gasteiger partial charge in [-0.3, -0.25) is 9.69 Å². The molecule has 1 amide bonds. The molecule has 6 heteroatoms. The van der Waals surface area contributed by atoms with Crippen LogP contribution in [0.1, 0.15) is 40.5 Å². The third-order valence-corrected chi connectivity index (χ3v) is 5.56. The average molecular weight is 364 g/mol. The van der Waals surface area contributed by atoms with Gasteiger partial charge in [-0.1, -0.05) is 6.07 Å². The van der Waals surface area contributed by atoms with Crippen molar-refractivity contribution in [2.75, 3.05) is 19.6 Å². The van der Waals surface area contributed by atoms with E-state index in [2.05, 4.69) is 44.5 Å². The van der Waals surface area contributed by atoms with Crippen LogP contribution in [0.15, 0.2) is 34.9 Å². The number of rotatable bonds is 5. The lowest BCUT2D eigenvalue weighted by molar-refractivity contribution is 0.0915. The molecule has 1 fully saturated rings. The lowest BCUT2D eigenvalue weighted by Gasteiger charge is -2.19. The molecule has 0 bridgehead atoms. The van der Waals surface area contributed by atoms with Gasteiger partial charge in [0.05, 0.1) is 5.69 Å². The number of hydrogen-bond donors (Lipinski definition) is 2. The Morgan fingerprint density at radius 2 is 2.15 bits per heavy atom. The van der Waals surface area contributed by atoms with Crippen LogP contribution in [0.25, 0.3) is 10.9 Å². The quantitative estimate of drug-likeness (QED) is 0.730. The van der Waals surface area contributed by atoms with Crippen LogP contribution in [0.2, 0.25) is 0 Å². The molecule has 2 N–H and O–H groups in total. The van der Waals surface area contributed by atoms with Crippen molar-refractivity contribution < 1.29 is 9.21 Å². The highest BCUT2D eigenvalue weighted by molar-refractivity contribution is 5.89. The monoisotopic (exact) mass is 364 g/mol. The fraction of sp³-hybridized carbons (Fsp3) is 0.429. The van der Waals surface area contributed by atoms with Crippen LogP contribution in [0.4, 0.5) is 0 Å². The number of nitrogens with one attached hydrogen (secondary N) is 2. The van der Waals surface area contributed by atoms with Crippen molar-refractivity contribution in [1.82, 2.24) is 20.2 Å². The fourth-order valence-electron chi connectivity index (χ4n) is 3.76. The molecule has 2 aromatic heterocycles. The maximum atomic E-state index is 12.2. The van der Waals surface area contributed by atoms with Crippen LogP contribution in [0, 0.1) is 5.92 Å². The van der Waals surface area contributed by atoms with Crippen molar-refractivity contribution in [3.05, 3.63) is 53.4 Å². The number of oxazole rings is 1. The Morgan fingerprint density at radius 3 is 3.04 bits per heavy atom. The third-order valence-electron chi connectivity index (χ3n) is 5.56. The van der Waals surface area contributed by atoms with Crippen LogP contribution in [-0.2, 0) is 19.4 Å². The molecule has 2 aliphatic rings. The van der Waals surface area contributed by atoms with Crippen molar-refractivity contribution >= 4 is 16.8 Å². The highest BCUT2D eigenvalue weighted by atomic mass is 16.4. The molecule has 6 nitrogen and oxygen atoms in total. The fourth-order valence-corrected chi connectivity index (χ4v) is 3.76. The summed E-state index contributed by atoms with van der Waals surface area (Å²) < 4.78 is 5.79. The van der Waals surface area contributed by atoms with E-state index in [1.807, 2.05) is 6.20 Å². The van der Waals surface area contributed by atoms with Crippen molar-refractivity contribution in [2.45, 2.75) is 32.2 Å². The van der Waals surface area contributed by atoms with Crippen LogP contribution in [0.3, 0.4) is 0 Å². The molecule has 0 saturated heterocycles. The summed E-state index contributed by atoms with van der Waals surface area (Å²) >= 11 is 0. The molecule has 0 atom stereocenters. The number of benzene rings is 1. The predicted octanol–water partition coefficient (Wildman–Crippen LogP) is 2.90. The topological polar surface area (TPSA) is 74.2 Å². The third kappa shape index (κ3) is 3.62. The molecule has 3 heterocycles. The minimum atomic E-state index is -0.174. The summed E-state index contributed by atoms with van der Waals surface area (Å²) in [6.45, 7) is 3.50.